The molecule has 19 heavy (non-hydrogen) atoms. The van der Waals surface area contributed by atoms with Gasteiger partial charge >= 0.3 is 0 Å². The van der Waals surface area contributed by atoms with Gasteiger partial charge in [0.1, 0.15) is 5.75 Å². The maximum absolute atomic E-state index is 5.72. The van der Waals surface area contributed by atoms with E-state index in [9.17, 15) is 0 Å². The number of nitrogens with zero attached hydrogens (tertiary/aromatic N) is 1. The van der Waals surface area contributed by atoms with Crippen molar-refractivity contribution in [3.05, 3.63) is 35.9 Å². The monoisotopic (exact) mass is 260 g/mol. The molecule has 0 spiro atoms. The SMILES string of the molecule is COc1ccc(C(C)C)cc1-c1cnc(CCN)o1. The third-order valence-corrected chi connectivity index (χ3v) is 3.07. The first-order chi connectivity index (χ1) is 9.15. The molecule has 1 aromatic heterocycles. The van der Waals surface area contributed by atoms with Crippen LogP contribution in [0.2, 0.25) is 0 Å². The summed E-state index contributed by atoms with van der Waals surface area (Å²) in [5.74, 6) is 2.63. The normalized spacial score (nSPS) is 11.0. The van der Waals surface area contributed by atoms with Gasteiger partial charge in [0.15, 0.2) is 11.7 Å². The van der Waals surface area contributed by atoms with E-state index in [-0.39, 0.29) is 0 Å². The van der Waals surface area contributed by atoms with Crippen LogP contribution in [0, 0.1) is 0 Å². The third kappa shape index (κ3) is 2.96. The first-order valence-corrected chi connectivity index (χ1v) is 6.48. The second kappa shape index (κ2) is 5.89. The van der Waals surface area contributed by atoms with Crippen molar-refractivity contribution >= 4 is 0 Å². The number of benzene rings is 1. The Morgan fingerprint density at radius 3 is 2.79 bits per heavy atom. The molecule has 0 aliphatic carbocycles. The predicted octanol–water partition coefficient (Wildman–Crippen LogP) is 2.97. The van der Waals surface area contributed by atoms with Crippen molar-refractivity contribution in [1.29, 1.82) is 0 Å². The van der Waals surface area contributed by atoms with Gasteiger partial charge in [0, 0.05) is 13.0 Å². The van der Waals surface area contributed by atoms with Gasteiger partial charge in [-0.25, -0.2) is 4.98 Å². The van der Waals surface area contributed by atoms with Crippen molar-refractivity contribution in [1.82, 2.24) is 4.98 Å². The van der Waals surface area contributed by atoms with Crippen LogP contribution in [0.25, 0.3) is 11.3 Å². The molecule has 2 aromatic rings. The summed E-state index contributed by atoms with van der Waals surface area (Å²) in [7, 11) is 1.66. The molecule has 0 atom stereocenters. The Morgan fingerprint density at radius 1 is 1.37 bits per heavy atom. The van der Waals surface area contributed by atoms with E-state index < -0.39 is 0 Å². The summed E-state index contributed by atoms with van der Waals surface area (Å²) in [4.78, 5) is 4.23. The zero-order chi connectivity index (χ0) is 13.8. The summed E-state index contributed by atoms with van der Waals surface area (Å²) in [6.07, 6.45) is 2.37. The van der Waals surface area contributed by atoms with Gasteiger partial charge in [-0.15, -0.1) is 0 Å². The summed E-state index contributed by atoms with van der Waals surface area (Å²) >= 11 is 0. The maximum Gasteiger partial charge on any atom is 0.196 e. The Kier molecular flexibility index (Phi) is 4.22. The van der Waals surface area contributed by atoms with Gasteiger partial charge in [0.25, 0.3) is 0 Å². The van der Waals surface area contributed by atoms with Crippen LogP contribution in [-0.4, -0.2) is 18.6 Å². The molecule has 1 heterocycles. The average molecular weight is 260 g/mol. The molecule has 0 unspecified atom stereocenters. The van der Waals surface area contributed by atoms with Crippen molar-refractivity contribution in [2.24, 2.45) is 5.73 Å². The Labute approximate surface area is 113 Å². The zero-order valence-electron chi connectivity index (χ0n) is 11.6. The highest BCUT2D eigenvalue weighted by Crippen LogP contribution is 2.33. The summed E-state index contributed by atoms with van der Waals surface area (Å²) in [5, 5.41) is 0. The molecule has 0 saturated heterocycles. The molecule has 0 radical (unpaired) electrons. The number of oxazole rings is 1. The minimum Gasteiger partial charge on any atom is -0.496 e. The first kappa shape index (κ1) is 13.6. The lowest BCUT2D eigenvalue weighted by molar-refractivity contribution is 0.413. The molecule has 1 aromatic carbocycles. The van der Waals surface area contributed by atoms with E-state index in [1.165, 1.54) is 5.56 Å². The predicted molar refractivity (Wildman–Crippen MR) is 75.3 cm³/mol. The molecule has 0 saturated carbocycles. The Balaban J connectivity index is 2.42. The minimum atomic E-state index is 0.455. The number of hydrogen-bond acceptors (Lipinski definition) is 4. The molecular formula is C15H20N2O2. The summed E-state index contributed by atoms with van der Waals surface area (Å²) < 4.78 is 11.1. The summed E-state index contributed by atoms with van der Waals surface area (Å²) in [6, 6.07) is 6.14. The van der Waals surface area contributed by atoms with E-state index in [1.54, 1.807) is 13.3 Å². The lowest BCUT2D eigenvalue weighted by atomic mass is 9.99. The smallest absolute Gasteiger partial charge is 0.196 e. The van der Waals surface area contributed by atoms with E-state index in [1.807, 2.05) is 6.07 Å². The van der Waals surface area contributed by atoms with Crippen LogP contribution in [0.1, 0.15) is 31.2 Å². The number of rotatable bonds is 5. The fourth-order valence-corrected chi connectivity index (χ4v) is 1.95. The molecule has 102 valence electrons. The van der Waals surface area contributed by atoms with Crippen molar-refractivity contribution in [3.8, 4) is 17.1 Å². The maximum atomic E-state index is 5.72. The van der Waals surface area contributed by atoms with Crippen molar-refractivity contribution in [3.63, 3.8) is 0 Å². The van der Waals surface area contributed by atoms with E-state index in [2.05, 4.69) is 31.0 Å². The van der Waals surface area contributed by atoms with Gasteiger partial charge in [-0.2, -0.15) is 0 Å². The topological polar surface area (TPSA) is 61.3 Å². The lowest BCUT2D eigenvalue weighted by Crippen LogP contribution is -2.02. The van der Waals surface area contributed by atoms with E-state index in [0.29, 0.717) is 24.8 Å². The molecule has 0 aliphatic heterocycles. The zero-order valence-corrected chi connectivity index (χ0v) is 11.6. The quantitative estimate of drug-likeness (QED) is 0.897. The van der Waals surface area contributed by atoms with Crippen LogP contribution in [0.4, 0.5) is 0 Å². The highest BCUT2D eigenvalue weighted by Gasteiger charge is 2.13. The number of ether oxygens (including phenoxy) is 1. The summed E-state index contributed by atoms with van der Waals surface area (Å²) in [6.45, 7) is 4.85. The van der Waals surface area contributed by atoms with Crippen molar-refractivity contribution in [2.45, 2.75) is 26.2 Å². The van der Waals surface area contributed by atoms with Crippen molar-refractivity contribution in [2.75, 3.05) is 13.7 Å². The molecule has 0 fully saturated rings. The Hall–Kier alpha value is -1.81. The molecule has 0 bridgehead atoms. The van der Waals surface area contributed by atoms with Crippen LogP contribution in [-0.2, 0) is 6.42 Å². The molecule has 4 nitrogen and oxygen atoms in total. The molecular weight excluding hydrogens is 240 g/mol. The van der Waals surface area contributed by atoms with Crippen LogP contribution in [0.15, 0.2) is 28.8 Å². The van der Waals surface area contributed by atoms with Gasteiger partial charge in [0.05, 0.1) is 18.9 Å². The molecule has 2 rings (SSSR count). The van der Waals surface area contributed by atoms with Gasteiger partial charge in [0.2, 0.25) is 0 Å². The van der Waals surface area contributed by atoms with Crippen LogP contribution in [0.5, 0.6) is 5.75 Å². The molecule has 0 amide bonds. The first-order valence-electron chi connectivity index (χ1n) is 6.48. The third-order valence-electron chi connectivity index (χ3n) is 3.07. The van der Waals surface area contributed by atoms with Gasteiger partial charge in [-0.1, -0.05) is 19.9 Å². The van der Waals surface area contributed by atoms with Crippen LogP contribution < -0.4 is 10.5 Å². The van der Waals surface area contributed by atoms with Crippen LogP contribution >= 0.6 is 0 Å². The highest BCUT2D eigenvalue weighted by atomic mass is 16.5. The molecule has 4 heteroatoms. The second-order valence-electron chi connectivity index (χ2n) is 4.77. The summed E-state index contributed by atoms with van der Waals surface area (Å²) in [5.41, 5.74) is 7.68. The van der Waals surface area contributed by atoms with Crippen LogP contribution in [0.3, 0.4) is 0 Å². The Morgan fingerprint density at radius 2 is 2.16 bits per heavy atom. The minimum absolute atomic E-state index is 0.455. The number of hydrogen-bond donors (Lipinski definition) is 1. The second-order valence-corrected chi connectivity index (χ2v) is 4.77. The van der Waals surface area contributed by atoms with E-state index >= 15 is 0 Å². The number of methoxy groups -OCH3 is 1. The van der Waals surface area contributed by atoms with E-state index in [0.717, 1.165) is 17.1 Å². The molecule has 0 aliphatic rings. The van der Waals surface area contributed by atoms with Gasteiger partial charge in [-0.3, -0.25) is 0 Å². The standard InChI is InChI=1S/C15H20N2O2/c1-10(2)11-4-5-13(18-3)12(8-11)14-9-17-15(19-14)6-7-16/h4-5,8-10H,6-7,16H2,1-3H3. The van der Waals surface area contributed by atoms with E-state index in [4.69, 9.17) is 14.9 Å². The largest absolute Gasteiger partial charge is 0.496 e. The highest BCUT2D eigenvalue weighted by molar-refractivity contribution is 5.66. The van der Waals surface area contributed by atoms with Crippen molar-refractivity contribution < 1.29 is 9.15 Å². The fourth-order valence-electron chi connectivity index (χ4n) is 1.95. The van der Waals surface area contributed by atoms with Gasteiger partial charge < -0.3 is 14.9 Å². The lowest BCUT2D eigenvalue weighted by Gasteiger charge is -2.10. The Bertz CT molecular complexity index is 547. The fraction of sp³-hybridized carbons (Fsp3) is 0.400. The van der Waals surface area contributed by atoms with Gasteiger partial charge in [-0.05, 0) is 23.6 Å². The average Bonchev–Trinajstić information content (AvgIpc) is 2.87. The number of nitrogens with two attached hydrogens (primary N) is 1. The molecule has 2 N–H and O–H groups in total. The number of aromatic nitrogens is 1.